The molecule has 1 aromatic carbocycles. The third kappa shape index (κ3) is 2.77. The van der Waals surface area contributed by atoms with Gasteiger partial charge in [0.1, 0.15) is 0 Å². The Hall–Kier alpha value is -0.970. The van der Waals surface area contributed by atoms with E-state index in [4.69, 9.17) is 0 Å². The van der Waals surface area contributed by atoms with Crippen molar-refractivity contribution in [3.63, 3.8) is 0 Å². The normalized spacial score (nSPS) is 11.4. The molecule has 1 rings (SSSR count). The number of carbonyl (C=O) groups is 1. The summed E-state index contributed by atoms with van der Waals surface area (Å²) in [5.41, 5.74) is 0. The molecule has 76 valence electrons. The second-order valence-electron chi connectivity index (χ2n) is 2.49. The fourth-order valence-corrected chi connectivity index (χ4v) is 1.53. The summed E-state index contributed by atoms with van der Waals surface area (Å²) in [6.07, 6.45) is 0. The van der Waals surface area contributed by atoms with Gasteiger partial charge in [-0.2, -0.15) is 8.78 Å². The minimum atomic E-state index is -3.68. The number of ketones is 1. The Morgan fingerprint density at radius 3 is 2.36 bits per heavy atom. The molecule has 1 nitrogen and oxygen atoms in total. The van der Waals surface area contributed by atoms with Crippen LogP contribution < -0.4 is 0 Å². The maximum absolute atomic E-state index is 12.9. The van der Waals surface area contributed by atoms with Gasteiger partial charge in [0.2, 0.25) is 5.78 Å². The smallest absolute Gasteiger partial charge is 0.289 e. The van der Waals surface area contributed by atoms with E-state index in [-0.39, 0.29) is 16.7 Å². The molecule has 0 saturated heterocycles. The average molecular weight is 220 g/mol. The molecule has 0 bridgehead atoms. The van der Waals surface area contributed by atoms with Gasteiger partial charge < -0.3 is 0 Å². The van der Waals surface area contributed by atoms with Crippen molar-refractivity contribution < 1.29 is 18.0 Å². The van der Waals surface area contributed by atoms with Crippen molar-refractivity contribution in [1.82, 2.24) is 0 Å². The number of hydrogen-bond donors (Lipinski definition) is 0. The highest BCUT2D eigenvalue weighted by Crippen LogP contribution is 2.36. The first-order valence-electron chi connectivity index (χ1n) is 3.77. The number of rotatable bonds is 4. The van der Waals surface area contributed by atoms with Crippen LogP contribution in [0.15, 0.2) is 35.2 Å². The third-order valence-corrected chi connectivity index (χ3v) is 2.43. The lowest BCUT2D eigenvalue weighted by Gasteiger charge is -2.11. The molecule has 0 saturated carbocycles. The van der Waals surface area contributed by atoms with E-state index in [1.54, 1.807) is 18.2 Å². The van der Waals surface area contributed by atoms with Crippen LogP contribution in [-0.4, -0.2) is 17.7 Å². The summed E-state index contributed by atoms with van der Waals surface area (Å²) in [4.78, 5) is 10.7. The van der Waals surface area contributed by atoms with Gasteiger partial charge in [-0.3, -0.25) is 4.79 Å². The summed E-state index contributed by atoms with van der Waals surface area (Å²) >= 11 is 0.0557. The highest BCUT2D eigenvalue weighted by atomic mass is 32.2. The monoisotopic (exact) mass is 220 g/mol. The van der Waals surface area contributed by atoms with Crippen LogP contribution in [0.25, 0.3) is 0 Å². The maximum Gasteiger partial charge on any atom is 0.358 e. The van der Waals surface area contributed by atoms with Gasteiger partial charge in [0.25, 0.3) is 0 Å². The Labute approximate surface area is 83.3 Å². The molecule has 0 aliphatic carbocycles. The lowest BCUT2D eigenvalue weighted by atomic mass is 10.4. The molecule has 14 heavy (non-hydrogen) atoms. The number of alkyl halides is 3. The molecule has 0 aliphatic rings. The molecule has 0 fully saturated rings. The van der Waals surface area contributed by atoms with Crippen LogP contribution in [0.2, 0.25) is 0 Å². The fraction of sp³-hybridized carbons (Fsp3) is 0.222. The van der Waals surface area contributed by atoms with Gasteiger partial charge in [0.15, 0.2) is 6.67 Å². The highest BCUT2D eigenvalue weighted by Gasteiger charge is 2.39. The van der Waals surface area contributed by atoms with Crippen molar-refractivity contribution in [3.8, 4) is 0 Å². The molecule has 0 spiro atoms. The maximum atomic E-state index is 12.9. The minimum Gasteiger partial charge on any atom is -0.289 e. The first-order chi connectivity index (χ1) is 6.56. The zero-order valence-electron chi connectivity index (χ0n) is 7.04. The van der Waals surface area contributed by atoms with Gasteiger partial charge in [-0.15, -0.1) is 0 Å². The molecule has 1 aromatic rings. The highest BCUT2D eigenvalue weighted by molar-refractivity contribution is 8.01. The van der Waals surface area contributed by atoms with E-state index in [9.17, 15) is 18.0 Å². The number of carbonyl (C=O) groups excluding carboxylic acids is 1. The predicted octanol–water partition coefficient (Wildman–Crippen LogP) is 2.91. The van der Waals surface area contributed by atoms with Crippen LogP contribution in [0.3, 0.4) is 0 Å². The van der Waals surface area contributed by atoms with Crippen LogP contribution in [0.4, 0.5) is 13.2 Å². The third-order valence-electron chi connectivity index (χ3n) is 1.44. The second-order valence-corrected chi connectivity index (χ2v) is 3.68. The van der Waals surface area contributed by atoms with Crippen LogP contribution in [0, 0.1) is 0 Å². The van der Waals surface area contributed by atoms with E-state index < -0.39 is 17.7 Å². The van der Waals surface area contributed by atoms with Gasteiger partial charge in [-0.05, 0) is 23.9 Å². The molecule has 0 unspecified atom stereocenters. The van der Waals surface area contributed by atoms with Gasteiger partial charge in [-0.25, -0.2) is 4.39 Å². The largest absolute Gasteiger partial charge is 0.358 e. The number of Topliss-reactive ketones (excluding diaryl/α,β-unsaturated/α-hetero) is 1. The van der Waals surface area contributed by atoms with Gasteiger partial charge >= 0.3 is 5.25 Å². The van der Waals surface area contributed by atoms with Gasteiger partial charge in [0.05, 0.1) is 0 Å². The zero-order valence-corrected chi connectivity index (χ0v) is 7.86. The van der Waals surface area contributed by atoms with E-state index in [1.807, 2.05) is 0 Å². The van der Waals surface area contributed by atoms with Crippen LogP contribution in [0.5, 0.6) is 0 Å². The lowest BCUT2D eigenvalue weighted by molar-refractivity contribution is -0.133. The van der Waals surface area contributed by atoms with Crippen molar-refractivity contribution in [2.75, 3.05) is 6.67 Å². The van der Waals surface area contributed by atoms with E-state index in [0.717, 1.165) is 0 Å². The van der Waals surface area contributed by atoms with Gasteiger partial charge in [0, 0.05) is 4.90 Å². The predicted molar refractivity (Wildman–Crippen MR) is 48.2 cm³/mol. The molecule has 0 atom stereocenters. The SMILES string of the molecule is O=C(CF)C(F)(F)Sc1ccccc1. The van der Waals surface area contributed by atoms with Gasteiger partial charge in [-0.1, -0.05) is 18.2 Å². The van der Waals surface area contributed by atoms with E-state index in [0.29, 0.717) is 0 Å². The number of hydrogen-bond acceptors (Lipinski definition) is 2. The van der Waals surface area contributed by atoms with Crippen molar-refractivity contribution in [2.24, 2.45) is 0 Å². The summed E-state index contributed by atoms with van der Waals surface area (Å²) in [6, 6.07) is 7.67. The Kier molecular flexibility index (Phi) is 3.57. The number of benzene rings is 1. The van der Waals surface area contributed by atoms with Crippen molar-refractivity contribution in [2.45, 2.75) is 10.2 Å². The fourth-order valence-electron chi connectivity index (χ4n) is 0.771. The van der Waals surface area contributed by atoms with E-state index >= 15 is 0 Å². The Bertz CT molecular complexity index is 313. The molecular weight excluding hydrogens is 213 g/mol. The molecule has 0 aromatic heterocycles. The minimum absolute atomic E-state index is 0.0557. The second kappa shape index (κ2) is 4.50. The molecular formula is C9H7F3OS. The Balaban J connectivity index is 2.73. The van der Waals surface area contributed by atoms with Crippen molar-refractivity contribution >= 4 is 17.5 Å². The van der Waals surface area contributed by atoms with E-state index in [2.05, 4.69) is 0 Å². The van der Waals surface area contributed by atoms with E-state index in [1.165, 1.54) is 12.1 Å². The van der Waals surface area contributed by atoms with Crippen LogP contribution >= 0.6 is 11.8 Å². The Morgan fingerprint density at radius 1 is 1.29 bits per heavy atom. The summed E-state index contributed by atoms with van der Waals surface area (Å²) in [6.45, 7) is -1.65. The van der Waals surface area contributed by atoms with Crippen LogP contribution in [-0.2, 0) is 4.79 Å². The Morgan fingerprint density at radius 2 is 1.86 bits per heavy atom. The summed E-state index contributed by atoms with van der Waals surface area (Å²) < 4.78 is 37.5. The molecule has 0 aliphatic heterocycles. The molecule has 5 heteroatoms. The molecule has 0 heterocycles. The molecule has 0 amide bonds. The standard InChI is InChI=1S/C9H7F3OS/c10-6-8(13)9(11,12)14-7-4-2-1-3-5-7/h1-5H,6H2. The summed E-state index contributed by atoms with van der Waals surface area (Å²) in [5, 5.41) is -3.68. The zero-order chi connectivity index (χ0) is 10.6. The van der Waals surface area contributed by atoms with Crippen LogP contribution in [0.1, 0.15) is 0 Å². The topological polar surface area (TPSA) is 17.1 Å². The number of thioether (sulfide) groups is 1. The van der Waals surface area contributed by atoms with Crippen molar-refractivity contribution in [3.05, 3.63) is 30.3 Å². The van der Waals surface area contributed by atoms with Crippen molar-refractivity contribution in [1.29, 1.82) is 0 Å². The summed E-state index contributed by atoms with van der Waals surface area (Å²) in [5.74, 6) is -1.70. The molecule has 0 radical (unpaired) electrons. The summed E-state index contributed by atoms with van der Waals surface area (Å²) in [7, 11) is 0. The molecule has 0 N–H and O–H groups in total. The quantitative estimate of drug-likeness (QED) is 0.726. The first-order valence-corrected chi connectivity index (χ1v) is 4.59. The first kappa shape index (κ1) is 11.1. The lowest BCUT2D eigenvalue weighted by Crippen LogP contribution is -2.25. The average Bonchev–Trinajstić information content (AvgIpc) is 2.17. The number of halogens is 3.